The van der Waals surface area contributed by atoms with Crippen LogP contribution in [0.4, 0.5) is 48.3 Å². The van der Waals surface area contributed by atoms with Gasteiger partial charge in [0.2, 0.25) is 0 Å². The Morgan fingerprint density at radius 2 is 1.28 bits per heavy atom. The Morgan fingerprint density at radius 1 is 0.840 bits per heavy atom. The van der Waals surface area contributed by atoms with E-state index in [1.807, 2.05) is 0 Å². The maximum atomic E-state index is 13.3. The van der Waals surface area contributed by atoms with Gasteiger partial charge in [-0.05, 0) is 6.42 Å². The van der Waals surface area contributed by atoms with Gasteiger partial charge >= 0.3 is 35.8 Å². The largest absolute Gasteiger partial charge is 0.459 e. The first-order chi connectivity index (χ1) is 10.8. The Balaban J connectivity index is 5.31. The first-order valence-electron chi connectivity index (χ1n) is 6.57. The zero-order valence-electron chi connectivity index (χ0n) is 12.7. The lowest BCUT2D eigenvalue weighted by atomic mass is 9.99. The molecule has 0 heterocycles. The van der Waals surface area contributed by atoms with Crippen LogP contribution in [0.5, 0.6) is 0 Å². The normalized spacial score (nSPS) is 15.9. The van der Waals surface area contributed by atoms with Crippen molar-refractivity contribution in [2.75, 3.05) is 6.61 Å². The van der Waals surface area contributed by atoms with Crippen LogP contribution in [0.2, 0.25) is 0 Å². The second kappa shape index (κ2) is 7.14. The highest BCUT2D eigenvalue weighted by molar-refractivity contribution is 5.71. The van der Waals surface area contributed by atoms with Gasteiger partial charge in [0.1, 0.15) is 0 Å². The Bertz CT molecular complexity index is 470. The number of hydrogen-bond acceptors (Lipinski definition) is 2. The number of carbonyl (C=O) groups is 1. The maximum absolute atomic E-state index is 13.3. The number of halogens is 11. The van der Waals surface area contributed by atoms with E-state index >= 15 is 0 Å². The van der Waals surface area contributed by atoms with Crippen molar-refractivity contribution in [1.29, 1.82) is 0 Å². The quantitative estimate of drug-likeness (QED) is 0.422. The molecule has 0 fully saturated rings. The molecule has 0 saturated heterocycles. The molecule has 0 aliphatic carbocycles. The smallest absolute Gasteiger partial charge is 0.459 e. The van der Waals surface area contributed by atoms with Crippen molar-refractivity contribution in [1.82, 2.24) is 0 Å². The third kappa shape index (κ3) is 5.09. The molecule has 0 N–H and O–H groups in total. The summed E-state index contributed by atoms with van der Waals surface area (Å²) in [5.41, 5.74) is 0. The van der Waals surface area contributed by atoms with Crippen LogP contribution in [0.25, 0.3) is 0 Å². The van der Waals surface area contributed by atoms with Gasteiger partial charge in [0, 0.05) is 0 Å². The maximum Gasteiger partial charge on any atom is 0.459 e. The van der Waals surface area contributed by atoms with Gasteiger partial charge in [-0.15, -0.1) is 0 Å². The van der Waals surface area contributed by atoms with Gasteiger partial charge in [0.15, 0.2) is 6.61 Å². The summed E-state index contributed by atoms with van der Waals surface area (Å²) in [6.07, 6.45) is -10.7. The van der Waals surface area contributed by atoms with Crippen molar-refractivity contribution in [3.63, 3.8) is 0 Å². The molecule has 0 aromatic heterocycles. The highest BCUT2D eigenvalue weighted by atomic mass is 19.4. The molecule has 13 heteroatoms. The van der Waals surface area contributed by atoms with E-state index in [1.165, 1.54) is 6.92 Å². The van der Waals surface area contributed by atoms with Crippen LogP contribution < -0.4 is 0 Å². The van der Waals surface area contributed by atoms with Crippen molar-refractivity contribution in [3.05, 3.63) is 0 Å². The highest BCUT2D eigenvalue weighted by Crippen LogP contribution is 2.52. The average molecular weight is 398 g/mol. The molecule has 1 atom stereocenters. The summed E-state index contributed by atoms with van der Waals surface area (Å²) in [7, 11) is 0. The third-order valence-corrected chi connectivity index (χ3v) is 3.20. The summed E-state index contributed by atoms with van der Waals surface area (Å²) in [5.74, 6) is -27.5. The van der Waals surface area contributed by atoms with Crippen LogP contribution in [-0.4, -0.2) is 42.4 Å². The Hall–Kier alpha value is -1.30. The predicted octanol–water partition coefficient (Wildman–Crippen LogP) is 5.07. The number of alkyl halides is 11. The lowest BCUT2D eigenvalue weighted by Gasteiger charge is -2.33. The number of carbonyl (C=O) groups excluding carboxylic acids is 1. The summed E-state index contributed by atoms with van der Waals surface area (Å²) in [4.78, 5) is 11.1. The summed E-state index contributed by atoms with van der Waals surface area (Å²) >= 11 is 0. The molecule has 150 valence electrons. The molecule has 0 aliphatic rings. The van der Waals surface area contributed by atoms with Crippen LogP contribution in [0.15, 0.2) is 0 Å². The molecule has 0 aliphatic heterocycles. The van der Waals surface area contributed by atoms with Gasteiger partial charge in [-0.3, -0.25) is 4.79 Å². The van der Waals surface area contributed by atoms with Gasteiger partial charge in [-0.25, -0.2) is 0 Å². The molecule has 0 aromatic rings. The third-order valence-electron chi connectivity index (χ3n) is 3.20. The molecular formula is C12H13F11O2. The fourth-order valence-electron chi connectivity index (χ4n) is 1.30. The highest BCUT2D eigenvalue weighted by Gasteiger charge is 2.76. The summed E-state index contributed by atoms with van der Waals surface area (Å²) in [6, 6.07) is 0. The first kappa shape index (κ1) is 23.7. The predicted molar refractivity (Wildman–Crippen MR) is 60.9 cm³/mol. The second-order valence-electron chi connectivity index (χ2n) is 5.28. The van der Waals surface area contributed by atoms with E-state index in [0.29, 0.717) is 0 Å². The molecular weight excluding hydrogens is 385 g/mol. The number of hydrogen-bond donors (Lipinski definition) is 0. The SMILES string of the molecule is CCC(C)C(=O)OCC(F)(F)C(F)(F)CC(F)(F)C(F)(F)C(F)(F)F. The minimum absolute atomic E-state index is 0.0523. The summed E-state index contributed by atoms with van der Waals surface area (Å²) < 4.78 is 143. The molecule has 0 spiro atoms. The van der Waals surface area contributed by atoms with E-state index in [-0.39, 0.29) is 6.42 Å². The Labute approximate surface area is 134 Å². The fraction of sp³-hybridized carbons (Fsp3) is 0.917. The summed E-state index contributed by atoms with van der Waals surface area (Å²) in [5, 5.41) is 0. The van der Waals surface area contributed by atoms with Gasteiger partial charge < -0.3 is 4.74 Å². The monoisotopic (exact) mass is 398 g/mol. The summed E-state index contributed by atoms with van der Waals surface area (Å²) in [6.45, 7) is 0.103. The van der Waals surface area contributed by atoms with Gasteiger partial charge in [-0.2, -0.15) is 48.3 Å². The van der Waals surface area contributed by atoms with Crippen molar-refractivity contribution >= 4 is 5.97 Å². The van der Waals surface area contributed by atoms with Crippen molar-refractivity contribution in [3.8, 4) is 0 Å². The van der Waals surface area contributed by atoms with Gasteiger partial charge in [-0.1, -0.05) is 13.8 Å². The Kier molecular flexibility index (Phi) is 6.77. The first-order valence-corrected chi connectivity index (χ1v) is 6.57. The van der Waals surface area contributed by atoms with Crippen LogP contribution in [0.1, 0.15) is 26.7 Å². The molecule has 25 heavy (non-hydrogen) atoms. The van der Waals surface area contributed by atoms with E-state index < -0.39 is 54.8 Å². The molecule has 0 aromatic carbocycles. The van der Waals surface area contributed by atoms with E-state index in [0.717, 1.165) is 6.92 Å². The molecule has 1 unspecified atom stereocenters. The van der Waals surface area contributed by atoms with Crippen LogP contribution in [0.3, 0.4) is 0 Å². The molecule has 0 amide bonds. The minimum Gasteiger partial charge on any atom is -0.459 e. The number of rotatable bonds is 8. The van der Waals surface area contributed by atoms with Crippen molar-refractivity contribution in [2.24, 2.45) is 5.92 Å². The number of ether oxygens (including phenoxy) is 1. The molecule has 0 bridgehead atoms. The van der Waals surface area contributed by atoms with Crippen LogP contribution in [-0.2, 0) is 9.53 Å². The van der Waals surface area contributed by atoms with Gasteiger partial charge in [0.25, 0.3) is 0 Å². The van der Waals surface area contributed by atoms with Crippen molar-refractivity contribution < 1.29 is 57.8 Å². The molecule has 0 saturated carbocycles. The second-order valence-corrected chi connectivity index (χ2v) is 5.28. The Morgan fingerprint density at radius 3 is 1.64 bits per heavy atom. The molecule has 2 nitrogen and oxygen atoms in total. The van der Waals surface area contributed by atoms with Gasteiger partial charge in [0.05, 0.1) is 12.3 Å². The molecule has 0 rings (SSSR count). The standard InChI is InChI=1S/C12H13F11O2/c1-3-6(2)7(24)25-5-10(17,18)8(13,14)4-9(15,16)11(19,20)12(21,22)23/h6H,3-5H2,1-2H3. The van der Waals surface area contributed by atoms with E-state index in [9.17, 15) is 53.1 Å². The van der Waals surface area contributed by atoms with E-state index in [4.69, 9.17) is 0 Å². The van der Waals surface area contributed by atoms with E-state index in [1.54, 1.807) is 0 Å². The zero-order valence-corrected chi connectivity index (χ0v) is 12.7. The van der Waals surface area contributed by atoms with E-state index in [2.05, 4.69) is 4.74 Å². The number of esters is 1. The lowest BCUT2D eigenvalue weighted by Crippen LogP contribution is -2.57. The van der Waals surface area contributed by atoms with Crippen molar-refractivity contribution in [2.45, 2.75) is 56.6 Å². The zero-order chi connectivity index (χ0) is 20.5. The minimum atomic E-state index is -6.97. The van der Waals surface area contributed by atoms with Crippen LogP contribution >= 0.6 is 0 Å². The lowest BCUT2D eigenvalue weighted by molar-refractivity contribution is -0.370. The fourth-order valence-corrected chi connectivity index (χ4v) is 1.30. The molecule has 0 radical (unpaired) electrons. The average Bonchev–Trinajstić information content (AvgIpc) is 2.41. The topological polar surface area (TPSA) is 26.3 Å². The van der Waals surface area contributed by atoms with Crippen LogP contribution in [0, 0.1) is 5.92 Å².